The highest BCUT2D eigenvalue weighted by Crippen LogP contribution is 2.52. The van der Waals surface area contributed by atoms with Crippen LogP contribution in [0.5, 0.6) is 0 Å². The van der Waals surface area contributed by atoms with E-state index in [9.17, 15) is 14.9 Å². The van der Waals surface area contributed by atoms with E-state index in [4.69, 9.17) is 32.9 Å². The highest BCUT2D eigenvalue weighted by molar-refractivity contribution is 6.43. The molecule has 288 valence electrons. The van der Waals surface area contributed by atoms with Crippen LogP contribution in [0.15, 0.2) is 36.5 Å². The zero-order valence-corrected chi connectivity index (χ0v) is 32.4. The third kappa shape index (κ3) is 5.79. The first kappa shape index (κ1) is 35.8. The van der Waals surface area contributed by atoms with Crippen LogP contribution in [0.25, 0.3) is 32.9 Å². The van der Waals surface area contributed by atoms with E-state index in [2.05, 4.69) is 32.3 Å². The molecular formula is C41H40Cl2FN9O3. The van der Waals surface area contributed by atoms with Gasteiger partial charge in [0.1, 0.15) is 17.8 Å². The fourth-order valence-corrected chi connectivity index (χ4v) is 10.1. The number of aryl methyl sites for hydroxylation is 2. The van der Waals surface area contributed by atoms with E-state index in [1.54, 1.807) is 23.1 Å². The van der Waals surface area contributed by atoms with Crippen molar-refractivity contribution in [1.82, 2.24) is 39.7 Å². The molecule has 4 saturated heterocycles. The van der Waals surface area contributed by atoms with Gasteiger partial charge in [-0.2, -0.15) is 5.26 Å². The van der Waals surface area contributed by atoms with Gasteiger partial charge in [0.15, 0.2) is 5.82 Å². The molecule has 3 aromatic heterocycles. The van der Waals surface area contributed by atoms with Crippen LogP contribution in [-0.4, -0.2) is 85.0 Å². The van der Waals surface area contributed by atoms with E-state index < -0.39 is 5.82 Å². The molecule has 6 aliphatic rings. The fraction of sp³-hybridized carbons (Fsp3) is 0.463. The number of pyridine rings is 1. The van der Waals surface area contributed by atoms with Gasteiger partial charge in [0.05, 0.1) is 59.1 Å². The summed E-state index contributed by atoms with van der Waals surface area (Å²) in [6.45, 7) is 4.70. The first-order chi connectivity index (χ1) is 27.2. The van der Waals surface area contributed by atoms with Crippen LogP contribution in [0.1, 0.15) is 72.9 Å². The Morgan fingerprint density at radius 1 is 1.18 bits per heavy atom. The van der Waals surface area contributed by atoms with E-state index in [1.165, 1.54) is 0 Å². The molecule has 0 spiro atoms. The molecule has 7 heterocycles. The van der Waals surface area contributed by atoms with Crippen LogP contribution in [-0.2, 0) is 27.3 Å². The molecule has 4 aliphatic heterocycles. The number of aromatic nitrogens is 5. The monoisotopic (exact) mass is 795 g/mol. The Kier molecular flexibility index (Phi) is 8.81. The Morgan fingerprint density at radius 3 is 2.79 bits per heavy atom. The highest BCUT2D eigenvalue weighted by atomic mass is 35.5. The summed E-state index contributed by atoms with van der Waals surface area (Å²) in [5.74, 6) is -0.0290. The number of rotatable bonds is 9. The van der Waals surface area contributed by atoms with Gasteiger partial charge in [-0.25, -0.2) is 14.1 Å². The van der Waals surface area contributed by atoms with Gasteiger partial charge in [0, 0.05) is 71.3 Å². The molecule has 0 radical (unpaired) electrons. The normalized spacial score (nSPS) is 24.7. The number of halogens is 3. The lowest BCUT2D eigenvalue weighted by Crippen LogP contribution is -2.41. The second-order valence-electron chi connectivity index (χ2n) is 16.0. The fourth-order valence-electron chi connectivity index (χ4n) is 9.67. The number of ether oxygens (including phenoxy) is 1. The second kappa shape index (κ2) is 13.8. The molecule has 11 rings (SSSR count). The smallest absolute Gasteiger partial charge is 0.249 e. The molecule has 15 heteroatoms. The second-order valence-corrected chi connectivity index (χ2v) is 16.8. The summed E-state index contributed by atoms with van der Waals surface area (Å²) in [4.78, 5) is 35.3. The third-order valence-corrected chi connectivity index (χ3v) is 13.4. The van der Waals surface area contributed by atoms with Gasteiger partial charge in [0.2, 0.25) is 11.8 Å². The maximum absolute atomic E-state index is 17.3. The van der Waals surface area contributed by atoms with Crippen molar-refractivity contribution in [2.24, 2.45) is 11.8 Å². The minimum absolute atomic E-state index is 0.00650. The summed E-state index contributed by atoms with van der Waals surface area (Å²) >= 11 is 13.1. The van der Waals surface area contributed by atoms with Gasteiger partial charge in [-0.3, -0.25) is 9.59 Å². The van der Waals surface area contributed by atoms with Gasteiger partial charge in [-0.05, 0) is 68.7 Å². The van der Waals surface area contributed by atoms with Gasteiger partial charge >= 0.3 is 0 Å². The summed E-state index contributed by atoms with van der Waals surface area (Å²) < 4.78 is 26.8. The van der Waals surface area contributed by atoms with Crippen molar-refractivity contribution in [1.29, 1.82) is 5.26 Å². The van der Waals surface area contributed by atoms with Crippen LogP contribution in [0.2, 0.25) is 10.0 Å². The topological polar surface area (TPSA) is 134 Å². The Morgan fingerprint density at radius 2 is 2.04 bits per heavy atom. The molecule has 0 unspecified atom stereocenters. The lowest BCUT2D eigenvalue weighted by atomic mass is 9.79. The number of nitrogens with zero attached hydrogens (tertiary/aromatic N) is 8. The number of fused-ring (bicyclic) bond motifs is 4. The quantitative estimate of drug-likeness (QED) is 0.179. The number of nitrogens with one attached hydrogen (secondary N) is 1. The lowest BCUT2D eigenvalue weighted by Gasteiger charge is -2.39. The molecule has 6 fully saturated rings. The van der Waals surface area contributed by atoms with Crippen LogP contribution < -0.4 is 5.32 Å². The van der Waals surface area contributed by atoms with Crippen molar-refractivity contribution in [2.75, 3.05) is 32.8 Å². The summed E-state index contributed by atoms with van der Waals surface area (Å²) in [5, 5.41) is 24.5. The third-order valence-electron chi connectivity index (χ3n) is 12.6. The number of morpholine rings is 1. The van der Waals surface area contributed by atoms with Crippen molar-refractivity contribution in [3.8, 4) is 17.2 Å². The number of benzene rings is 2. The van der Waals surface area contributed by atoms with E-state index in [1.807, 2.05) is 28.8 Å². The number of likely N-dealkylation sites (tertiary alicyclic amines) is 1. The first-order valence-corrected chi connectivity index (χ1v) is 20.2. The molecule has 56 heavy (non-hydrogen) atoms. The summed E-state index contributed by atoms with van der Waals surface area (Å²) in [7, 11) is 0. The minimum Gasteiger partial charge on any atom is -0.370 e. The van der Waals surface area contributed by atoms with Crippen molar-refractivity contribution < 1.29 is 18.7 Å². The van der Waals surface area contributed by atoms with Crippen LogP contribution in [0, 0.1) is 35.9 Å². The average Bonchev–Trinajstić information content (AvgIpc) is 3.67. The minimum atomic E-state index is -0.499. The predicted molar refractivity (Wildman–Crippen MR) is 207 cm³/mol. The van der Waals surface area contributed by atoms with Gasteiger partial charge in [0.25, 0.3) is 0 Å². The molecule has 2 bridgehead atoms. The predicted octanol–water partition coefficient (Wildman–Crippen LogP) is 6.47. The zero-order valence-electron chi connectivity index (χ0n) is 30.8. The van der Waals surface area contributed by atoms with Crippen LogP contribution >= 0.6 is 23.2 Å². The summed E-state index contributed by atoms with van der Waals surface area (Å²) in [6, 6.07) is 11.5. The van der Waals surface area contributed by atoms with Crippen molar-refractivity contribution >= 4 is 56.8 Å². The molecule has 2 amide bonds. The van der Waals surface area contributed by atoms with Gasteiger partial charge in [-0.1, -0.05) is 40.5 Å². The maximum atomic E-state index is 17.3. The molecule has 2 aromatic carbocycles. The summed E-state index contributed by atoms with van der Waals surface area (Å²) in [6.07, 6.45) is 5.83. The molecule has 2 aliphatic carbocycles. The highest BCUT2D eigenvalue weighted by Gasteiger charge is 2.51. The largest absolute Gasteiger partial charge is 0.370 e. The number of nitriles is 1. The van der Waals surface area contributed by atoms with Crippen molar-refractivity contribution in [2.45, 2.75) is 76.2 Å². The Balaban J connectivity index is 1.13. The maximum Gasteiger partial charge on any atom is 0.249 e. The Hall–Kier alpha value is -4.61. The first-order valence-electron chi connectivity index (χ1n) is 19.5. The Labute approximate surface area is 332 Å². The number of amides is 2. The average molecular weight is 797 g/mol. The van der Waals surface area contributed by atoms with Crippen LogP contribution in [0.3, 0.4) is 0 Å². The number of carbonyl (C=O) groups excluding carboxylic acids is 2. The Bertz CT molecular complexity index is 2480. The van der Waals surface area contributed by atoms with Gasteiger partial charge in [-0.15, -0.1) is 5.10 Å². The molecule has 5 atom stereocenters. The standard InChI is InChI=1S/C41H40Cl2FN9O3/c1-21-28-15-33(32-14-26(19-51(32)41(55)22-7-8-22)52-18-25(48-49-52)17-50-10-11-56-20-34(50)54)53(39-24-13-31(39)46-16-24)40(28)29-12-23(4-3-9-45)35(37(44)38(29)47-21)27-5-2-6-30(42)36(27)43/h2,5-6,12,15,18,22,24,26,31-32,39,46H,3-4,7-8,10-11,13-14,16-17,19-20H2,1H3/t24-,26+,31-,32-,39+/m1/s1. The van der Waals surface area contributed by atoms with E-state index in [0.717, 1.165) is 42.4 Å². The number of hydrogen-bond donors (Lipinski definition) is 1. The molecule has 1 N–H and O–H groups in total. The lowest BCUT2D eigenvalue weighted by molar-refractivity contribution is -0.143. The molecule has 5 aromatic rings. The number of carbonyl (C=O) groups is 2. The van der Waals surface area contributed by atoms with Crippen molar-refractivity contribution in [3.05, 3.63) is 75.0 Å². The van der Waals surface area contributed by atoms with Crippen molar-refractivity contribution in [3.63, 3.8) is 0 Å². The summed E-state index contributed by atoms with van der Waals surface area (Å²) in [5.41, 5.74) is 4.94. The zero-order chi connectivity index (χ0) is 38.4. The van der Waals surface area contributed by atoms with Crippen LogP contribution in [0.4, 0.5) is 4.39 Å². The SMILES string of the molecule is Cc1nc2c(F)c(-c3cccc(Cl)c3Cl)c(CCC#N)cc2c2c1cc([C@H]1C[C@H](n3cc(CN4CCOCC4=O)nn3)CN1C(=O)C1CC1)n2[C@H]1[C@H]2CN[C@@H]1C2. The number of hydrogen-bond acceptors (Lipinski definition) is 8. The molecule has 2 saturated carbocycles. The van der Waals surface area contributed by atoms with E-state index in [0.29, 0.717) is 83.5 Å². The van der Waals surface area contributed by atoms with E-state index >= 15 is 4.39 Å². The van der Waals surface area contributed by atoms with Gasteiger partial charge < -0.3 is 24.4 Å². The molecule has 12 nitrogen and oxygen atoms in total. The molecular weight excluding hydrogens is 756 g/mol. The van der Waals surface area contributed by atoms with E-state index in [-0.39, 0.29) is 65.5 Å².